The molecule has 3 heterocycles. The molecule has 0 aliphatic carbocycles. The van der Waals surface area contributed by atoms with Crippen LogP contribution in [0.3, 0.4) is 0 Å². The fourth-order valence-corrected chi connectivity index (χ4v) is 3.38. The van der Waals surface area contributed by atoms with Crippen molar-refractivity contribution in [3.63, 3.8) is 0 Å². The molecular formula is C20H27ClN6O. The first-order valence-electron chi connectivity index (χ1n) is 9.60. The van der Waals surface area contributed by atoms with E-state index in [9.17, 15) is 0 Å². The van der Waals surface area contributed by atoms with E-state index in [2.05, 4.69) is 37.4 Å². The highest BCUT2D eigenvalue weighted by Gasteiger charge is 2.25. The van der Waals surface area contributed by atoms with Gasteiger partial charge in [-0.15, -0.1) is 0 Å². The molecule has 2 aromatic heterocycles. The molecule has 8 heteroatoms. The zero-order chi connectivity index (χ0) is 19.8. The lowest BCUT2D eigenvalue weighted by molar-refractivity contribution is 0.301. The van der Waals surface area contributed by atoms with E-state index in [1.807, 2.05) is 24.3 Å². The van der Waals surface area contributed by atoms with Crippen molar-refractivity contribution in [3.05, 3.63) is 47.2 Å². The van der Waals surface area contributed by atoms with Crippen molar-refractivity contribution >= 4 is 23.4 Å². The third-order valence-electron chi connectivity index (χ3n) is 4.53. The molecule has 0 amide bonds. The minimum absolute atomic E-state index is 0.272. The molecule has 0 bridgehead atoms. The smallest absolute Gasteiger partial charge is 0.218 e. The number of pyridine rings is 2. The molecule has 0 saturated carbocycles. The summed E-state index contributed by atoms with van der Waals surface area (Å²) in [7, 11) is 1.77. The van der Waals surface area contributed by atoms with E-state index in [1.54, 1.807) is 19.4 Å². The normalized spacial score (nSPS) is 16.9. The maximum absolute atomic E-state index is 6.28. The van der Waals surface area contributed by atoms with Gasteiger partial charge in [-0.3, -0.25) is 4.99 Å². The summed E-state index contributed by atoms with van der Waals surface area (Å²) in [5.41, 5.74) is 1.01. The summed E-state index contributed by atoms with van der Waals surface area (Å²) in [6.07, 6.45) is 5.46. The van der Waals surface area contributed by atoms with E-state index in [-0.39, 0.29) is 6.04 Å². The fraction of sp³-hybridized carbons (Fsp3) is 0.450. The second kappa shape index (κ2) is 10.1. The van der Waals surface area contributed by atoms with Crippen molar-refractivity contribution in [1.82, 2.24) is 20.6 Å². The van der Waals surface area contributed by atoms with Crippen molar-refractivity contribution in [2.45, 2.75) is 32.4 Å². The van der Waals surface area contributed by atoms with Gasteiger partial charge < -0.3 is 20.3 Å². The number of aliphatic imine (C=N–C) groups is 1. The van der Waals surface area contributed by atoms with Gasteiger partial charge in [0, 0.05) is 50.7 Å². The van der Waals surface area contributed by atoms with E-state index >= 15 is 0 Å². The van der Waals surface area contributed by atoms with Crippen molar-refractivity contribution < 1.29 is 4.74 Å². The summed E-state index contributed by atoms with van der Waals surface area (Å²) >= 11 is 6.28. The Bertz CT molecular complexity index is 800. The Balaban J connectivity index is 1.54. The van der Waals surface area contributed by atoms with Gasteiger partial charge in [0.15, 0.2) is 5.96 Å². The quantitative estimate of drug-likeness (QED) is 0.548. The van der Waals surface area contributed by atoms with Crippen molar-refractivity contribution in [2.24, 2.45) is 4.99 Å². The summed E-state index contributed by atoms with van der Waals surface area (Å²) < 4.78 is 5.72. The van der Waals surface area contributed by atoms with Crippen molar-refractivity contribution in [1.29, 1.82) is 0 Å². The monoisotopic (exact) mass is 402 g/mol. The van der Waals surface area contributed by atoms with E-state index in [0.29, 0.717) is 24.1 Å². The van der Waals surface area contributed by atoms with Crippen LogP contribution in [-0.4, -0.2) is 48.7 Å². The molecule has 28 heavy (non-hydrogen) atoms. The van der Waals surface area contributed by atoms with Gasteiger partial charge in [-0.05, 0) is 31.0 Å². The summed E-state index contributed by atoms with van der Waals surface area (Å²) in [5.74, 6) is 2.26. The molecule has 1 unspecified atom stereocenters. The van der Waals surface area contributed by atoms with Crippen LogP contribution in [0.2, 0.25) is 5.02 Å². The Morgan fingerprint density at radius 2 is 2.14 bits per heavy atom. The number of aromatic nitrogens is 2. The average molecular weight is 403 g/mol. The number of nitrogens with zero attached hydrogens (tertiary/aromatic N) is 4. The van der Waals surface area contributed by atoms with Crippen LogP contribution in [0.5, 0.6) is 5.88 Å². The van der Waals surface area contributed by atoms with Crippen LogP contribution < -0.4 is 20.3 Å². The van der Waals surface area contributed by atoms with E-state index < -0.39 is 0 Å². The minimum atomic E-state index is 0.272. The Hall–Kier alpha value is -2.54. The molecule has 3 rings (SSSR count). The molecule has 150 valence electrons. The van der Waals surface area contributed by atoms with Gasteiger partial charge in [0.25, 0.3) is 0 Å². The number of hydrogen-bond donors (Lipinski definition) is 2. The van der Waals surface area contributed by atoms with Gasteiger partial charge in [0.05, 0.1) is 11.6 Å². The summed E-state index contributed by atoms with van der Waals surface area (Å²) in [4.78, 5) is 15.3. The Morgan fingerprint density at radius 3 is 2.93 bits per heavy atom. The predicted molar refractivity (Wildman–Crippen MR) is 113 cm³/mol. The largest absolute Gasteiger partial charge is 0.477 e. The first-order valence-corrected chi connectivity index (χ1v) is 9.98. The van der Waals surface area contributed by atoms with Gasteiger partial charge in [0.2, 0.25) is 5.88 Å². The lowest BCUT2D eigenvalue weighted by Crippen LogP contribution is -2.44. The molecule has 1 aliphatic heterocycles. The molecule has 0 spiro atoms. The van der Waals surface area contributed by atoms with Gasteiger partial charge in [-0.25, -0.2) is 9.97 Å². The molecule has 1 fully saturated rings. The number of halogens is 1. The van der Waals surface area contributed by atoms with Crippen LogP contribution in [0, 0.1) is 0 Å². The first-order chi connectivity index (χ1) is 13.7. The molecule has 0 aromatic carbocycles. The van der Waals surface area contributed by atoms with Gasteiger partial charge in [0.1, 0.15) is 5.82 Å². The molecule has 7 nitrogen and oxygen atoms in total. The number of nitrogens with one attached hydrogen (secondary N) is 2. The van der Waals surface area contributed by atoms with Crippen LogP contribution >= 0.6 is 11.6 Å². The third kappa shape index (κ3) is 5.25. The number of anilines is 1. The Kier molecular flexibility index (Phi) is 7.31. The van der Waals surface area contributed by atoms with Gasteiger partial charge in [-0.2, -0.15) is 0 Å². The number of rotatable bonds is 7. The minimum Gasteiger partial charge on any atom is -0.477 e. The highest BCUT2D eigenvalue weighted by molar-refractivity contribution is 6.32. The Labute approximate surface area is 171 Å². The highest BCUT2D eigenvalue weighted by atomic mass is 35.5. The van der Waals surface area contributed by atoms with Crippen molar-refractivity contribution in [2.75, 3.05) is 31.6 Å². The molecule has 2 N–H and O–H groups in total. The molecule has 0 radical (unpaired) electrons. The molecule has 1 atom stereocenters. The van der Waals surface area contributed by atoms with E-state index in [0.717, 1.165) is 43.3 Å². The van der Waals surface area contributed by atoms with E-state index in [1.165, 1.54) is 0 Å². The third-order valence-corrected chi connectivity index (χ3v) is 4.83. The summed E-state index contributed by atoms with van der Waals surface area (Å²) in [6.45, 7) is 5.06. The standard InChI is InChI=1S/C20H27ClN6O/c1-3-12-28-19-15(6-4-10-24-19)13-25-20(22-2)26-16-8-11-27(14-16)18-17(21)7-5-9-23-18/h4-7,9-10,16H,3,8,11-14H2,1-2H3,(H2,22,25,26). The zero-order valence-electron chi connectivity index (χ0n) is 16.4. The first kappa shape index (κ1) is 20.2. The van der Waals surface area contributed by atoms with Gasteiger partial charge >= 0.3 is 0 Å². The Morgan fingerprint density at radius 1 is 1.32 bits per heavy atom. The second-order valence-corrected chi connectivity index (χ2v) is 7.03. The topological polar surface area (TPSA) is 74.7 Å². The summed E-state index contributed by atoms with van der Waals surface area (Å²) in [6, 6.07) is 7.92. The lowest BCUT2D eigenvalue weighted by atomic mass is 10.2. The van der Waals surface area contributed by atoms with Crippen molar-refractivity contribution in [3.8, 4) is 5.88 Å². The number of ether oxygens (including phenoxy) is 1. The zero-order valence-corrected chi connectivity index (χ0v) is 17.1. The fourth-order valence-electron chi connectivity index (χ4n) is 3.13. The molecule has 1 saturated heterocycles. The lowest BCUT2D eigenvalue weighted by Gasteiger charge is -2.20. The summed E-state index contributed by atoms with van der Waals surface area (Å²) in [5, 5.41) is 7.52. The average Bonchev–Trinajstić information content (AvgIpc) is 3.18. The highest BCUT2D eigenvalue weighted by Crippen LogP contribution is 2.25. The van der Waals surface area contributed by atoms with Crippen LogP contribution in [0.4, 0.5) is 5.82 Å². The maximum atomic E-state index is 6.28. The number of guanidine groups is 1. The molecular weight excluding hydrogens is 376 g/mol. The predicted octanol–water partition coefficient (Wildman–Crippen LogP) is 2.86. The van der Waals surface area contributed by atoms with E-state index in [4.69, 9.17) is 16.3 Å². The molecule has 1 aliphatic rings. The maximum Gasteiger partial charge on any atom is 0.218 e. The van der Waals surface area contributed by atoms with Crippen LogP contribution in [0.15, 0.2) is 41.7 Å². The van der Waals surface area contributed by atoms with Crippen LogP contribution in [0.25, 0.3) is 0 Å². The van der Waals surface area contributed by atoms with Crippen LogP contribution in [-0.2, 0) is 6.54 Å². The SMILES string of the molecule is CCCOc1ncccc1CNC(=NC)NC1CCN(c2ncccc2Cl)C1. The van der Waals surface area contributed by atoms with Gasteiger partial charge in [-0.1, -0.05) is 24.6 Å². The number of hydrogen-bond acceptors (Lipinski definition) is 5. The second-order valence-electron chi connectivity index (χ2n) is 6.63. The van der Waals surface area contributed by atoms with Crippen LogP contribution in [0.1, 0.15) is 25.3 Å². The molecule has 2 aromatic rings.